The van der Waals surface area contributed by atoms with Gasteiger partial charge >= 0.3 is 0 Å². The molecule has 0 saturated carbocycles. The van der Waals surface area contributed by atoms with Crippen LogP contribution in [0.3, 0.4) is 0 Å². The van der Waals surface area contributed by atoms with Crippen LogP contribution in [0.5, 0.6) is 0 Å². The van der Waals surface area contributed by atoms with E-state index >= 15 is 0 Å². The van der Waals surface area contributed by atoms with Gasteiger partial charge in [0.05, 0.1) is 6.42 Å². The highest BCUT2D eigenvalue weighted by molar-refractivity contribution is 7.08. The van der Waals surface area contributed by atoms with Gasteiger partial charge in [0.25, 0.3) is 5.91 Å². The Morgan fingerprint density at radius 2 is 1.93 bits per heavy atom. The SMILES string of the molecule is O=C(NCCN1CCN(C(=O)Cc2c[nH]c3ccccc23)CC1)c1ccsc1. The maximum atomic E-state index is 12.7. The van der Waals surface area contributed by atoms with Crippen molar-refractivity contribution in [3.8, 4) is 0 Å². The van der Waals surface area contributed by atoms with Crippen LogP contribution < -0.4 is 5.32 Å². The number of nitrogens with one attached hydrogen (secondary N) is 2. The van der Waals surface area contributed by atoms with Crippen LogP contribution in [0.2, 0.25) is 0 Å². The van der Waals surface area contributed by atoms with E-state index in [2.05, 4.69) is 21.3 Å². The summed E-state index contributed by atoms with van der Waals surface area (Å²) in [5, 5.41) is 7.84. The lowest BCUT2D eigenvalue weighted by Gasteiger charge is -2.34. The van der Waals surface area contributed by atoms with Gasteiger partial charge in [-0.05, 0) is 23.1 Å². The third-order valence-corrected chi connectivity index (χ3v) is 5.92. The number of aromatic nitrogens is 1. The smallest absolute Gasteiger partial charge is 0.252 e. The molecule has 0 bridgehead atoms. The fourth-order valence-corrected chi connectivity index (χ4v) is 4.23. The van der Waals surface area contributed by atoms with E-state index in [0.29, 0.717) is 13.0 Å². The first-order valence-corrected chi connectivity index (χ1v) is 10.5. The van der Waals surface area contributed by atoms with Crippen LogP contribution in [0.25, 0.3) is 10.9 Å². The van der Waals surface area contributed by atoms with Crippen LogP contribution in [0, 0.1) is 0 Å². The zero-order chi connectivity index (χ0) is 19.3. The average Bonchev–Trinajstić information content (AvgIpc) is 3.39. The lowest BCUT2D eigenvalue weighted by Crippen LogP contribution is -2.50. The Morgan fingerprint density at radius 3 is 2.71 bits per heavy atom. The second kappa shape index (κ2) is 8.58. The molecule has 0 aliphatic carbocycles. The molecule has 1 aromatic carbocycles. The lowest BCUT2D eigenvalue weighted by atomic mass is 10.1. The van der Waals surface area contributed by atoms with E-state index in [0.717, 1.165) is 54.8 Å². The Kier molecular flexibility index (Phi) is 5.73. The molecule has 1 aliphatic rings. The van der Waals surface area contributed by atoms with Crippen molar-refractivity contribution in [3.05, 3.63) is 58.4 Å². The van der Waals surface area contributed by atoms with Crippen molar-refractivity contribution in [1.29, 1.82) is 0 Å². The number of H-pyrrole nitrogens is 1. The number of carbonyl (C=O) groups excluding carboxylic acids is 2. The van der Waals surface area contributed by atoms with Gasteiger partial charge in [0.1, 0.15) is 0 Å². The first-order valence-electron chi connectivity index (χ1n) is 9.56. The summed E-state index contributed by atoms with van der Waals surface area (Å²) in [4.78, 5) is 32.1. The second-order valence-corrected chi connectivity index (χ2v) is 7.81. The van der Waals surface area contributed by atoms with Crippen LogP contribution in [-0.2, 0) is 11.2 Å². The molecular formula is C21H24N4O2S. The fourth-order valence-electron chi connectivity index (χ4n) is 3.60. The summed E-state index contributed by atoms with van der Waals surface area (Å²) >= 11 is 1.52. The van der Waals surface area contributed by atoms with E-state index in [1.165, 1.54) is 11.3 Å². The van der Waals surface area contributed by atoms with Crippen molar-refractivity contribution in [2.45, 2.75) is 6.42 Å². The molecule has 3 heterocycles. The van der Waals surface area contributed by atoms with Gasteiger partial charge in [-0.2, -0.15) is 11.3 Å². The number of piperazine rings is 1. The molecule has 3 aromatic rings. The summed E-state index contributed by atoms with van der Waals surface area (Å²) in [6.45, 7) is 4.58. The Bertz CT molecular complexity index is 942. The normalized spacial score (nSPS) is 15.1. The first kappa shape index (κ1) is 18.7. The number of para-hydroxylation sites is 1. The highest BCUT2D eigenvalue weighted by atomic mass is 32.1. The third kappa shape index (κ3) is 4.26. The van der Waals surface area contributed by atoms with Gasteiger partial charge in [0, 0.05) is 67.3 Å². The van der Waals surface area contributed by atoms with Crippen LogP contribution in [0.1, 0.15) is 15.9 Å². The molecule has 1 aliphatic heterocycles. The fraction of sp³-hybridized carbons (Fsp3) is 0.333. The topological polar surface area (TPSA) is 68.4 Å². The molecule has 1 saturated heterocycles. The molecule has 0 atom stereocenters. The number of amides is 2. The predicted octanol–water partition coefficient (Wildman–Crippen LogP) is 2.35. The number of carbonyl (C=O) groups is 2. The second-order valence-electron chi connectivity index (χ2n) is 7.03. The van der Waals surface area contributed by atoms with Gasteiger partial charge in [0.15, 0.2) is 0 Å². The van der Waals surface area contributed by atoms with Crippen molar-refractivity contribution in [2.75, 3.05) is 39.3 Å². The van der Waals surface area contributed by atoms with Gasteiger partial charge in [0.2, 0.25) is 5.91 Å². The number of rotatable bonds is 6. The lowest BCUT2D eigenvalue weighted by molar-refractivity contribution is -0.132. The van der Waals surface area contributed by atoms with E-state index in [9.17, 15) is 9.59 Å². The Balaban J connectivity index is 1.21. The summed E-state index contributed by atoms with van der Waals surface area (Å²) in [7, 11) is 0. The first-order chi connectivity index (χ1) is 13.7. The van der Waals surface area contributed by atoms with E-state index in [1.807, 2.05) is 46.1 Å². The molecule has 6 nitrogen and oxygen atoms in total. The zero-order valence-corrected chi connectivity index (χ0v) is 16.5. The largest absolute Gasteiger partial charge is 0.361 e. The predicted molar refractivity (Wildman–Crippen MR) is 112 cm³/mol. The van der Waals surface area contributed by atoms with Gasteiger partial charge in [-0.3, -0.25) is 14.5 Å². The van der Waals surface area contributed by atoms with Crippen molar-refractivity contribution >= 4 is 34.1 Å². The highest BCUT2D eigenvalue weighted by Crippen LogP contribution is 2.19. The molecule has 2 N–H and O–H groups in total. The minimum absolute atomic E-state index is 0.0196. The van der Waals surface area contributed by atoms with E-state index in [1.54, 1.807) is 0 Å². The van der Waals surface area contributed by atoms with Gasteiger partial charge in [-0.25, -0.2) is 0 Å². The van der Waals surface area contributed by atoms with Crippen LogP contribution in [-0.4, -0.2) is 65.9 Å². The minimum atomic E-state index is -0.0196. The van der Waals surface area contributed by atoms with Gasteiger partial charge in [-0.15, -0.1) is 0 Å². The number of aromatic amines is 1. The number of nitrogens with zero attached hydrogens (tertiary/aromatic N) is 2. The van der Waals surface area contributed by atoms with Gasteiger partial charge in [-0.1, -0.05) is 18.2 Å². The monoisotopic (exact) mass is 396 g/mol. The van der Waals surface area contributed by atoms with Crippen LogP contribution >= 0.6 is 11.3 Å². The minimum Gasteiger partial charge on any atom is -0.361 e. The number of benzene rings is 1. The van der Waals surface area contributed by atoms with E-state index in [4.69, 9.17) is 0 Å². The molecule has 7 heteroatoms. The molecule has 28 heavy (non-hydrogen) atoms. The summed E-state index contributed by atoms with van der Waals surface area (Å²) in [5.41, 5.74) is 2.84. The Hall–Kier alpha value is -2.64. The van der Waals surface area contributed by atoms with E-state index < -0.39 is 0 Å². The van der Waals surface area contributed by atoms with Crippen LogP contribution in [0.15, 0.2) is 47.3 Å². The van der Waals surface area contributed by atoms with Gasteiger partial charge < -0.3 is 15.2 Å². The molecule has 2 amide bonds. The van der Waals surface area contributed by atoms with Crippen molar-refractivity contribution in [1.82, 2.24) is 20.1 Å². The summed E-state index contributed by atoms with van der Waals surface area (Å²) < 4.78 is 0. The molecule has 0 radical (unpaired) electrons. The Morgan fingerprint density at radius 1 is 1.11 bits per heavy atom. The summed E-state index contributed by atoms with van der Waals surface area (Å²) in [6, 6.07) is 9.90. The maximum absolute atomic E-state index is 12.7. The molecule has 1 fully saturated rings. The Labute approximate surface area is 168 Å². The zero-order valence-electron chi connectivity index (χ0n) is 15.7. The molecule has 0 unspecified atom stereocenters. The van der Waals surface area contributed by atoms with Crippen LogP contribution in [0.4, 0.5) is 0 Å². The van der Waals surface area contributed by atoms with Crippen molar-refractivity contribution < 1.29 is 9.59 Å². The highest BCUT2D eigenvalue weighted by Gasteiger charge is 2.21. The van der Waals surface area contributed by atoms with E-state index in [-0.39, 0.29) is 11.8 Å². The molecule has 4 rings (SSSR count). The number of hydrogen-bond donors (Lipinski definition) is 2. The summed E-state index contributed by atoms with van der Waals surface area (Å²) in [5.74, 6) is 0.156. The standard InChI is InChI=1S/C21H24N4O2S/c26-20(13-17-14-23-19-4-2-1-3-18(17)19)25-10-8-24(9-11-25)7-6-22-21(27)16-5-12-28-15-16/h1-5,12,14-15,23H,6-11,13H2,(H,22,27). The number of thiophene rings is 1. The maximum Gasteiger partial charge on any atom is 0.252 e. The van der Waals surface area contributed by atoms with Crippen molar-refractivity contribution in [2.24, 2.45) is 0 Å². The number of fused-ring (bicyclic) bond motifs is 1. The molecular weight excluding hydrogens is 372 g/mol. The quantitative estimate of drug-likeness (QED) is 0.672. The average molecular weight is 397 g/mol. The number of hydrogen-bond acceptors (Lipinski definition) is 4. The summed E-state index contributed by atoms with van der Waals surface area (Å²) in [6.07, 6.45) is 2.37. The molecule has 0 spiro atoms. The molecule has 2 aromatic heterocycles. The third-order valence-electron chi connectivity index (χ3n) is 5.24. The molecule has 146 valence electrons. The van der Waals surface area contributed by atoms with Crippen molar-refractivity contribution in [3.63, 3.8) is 0 Å².